The molecule has 1 aromatic rings. The average molecular weight is 298 g/mol. The first-order valence-electron chi connectivity index (χ1n) is 6.86. The molecule has 112 valence electrons. The summed E-state index contributed by atoms with van der Waals surface area (Å²) < 4.78 is 32.6. The number of hydrogen-bond donors (Lipinski definition) is 2. The maximum absolute atomic E-state index is 12.4. The molecular weight excluding hydrogens is 276 g/mol. The van der Waals surface area contributed by atoms with Crippen molar-refractivity contribution in [2.75, 3.05) is 19.4 Å². The van der Waals surface area contributed by atoms with E-state index in [2.05, 4.69) is 11.6 Å². The minimum atomic E-state index is -3.57. The van der Waals surface area contributed by atoms with E-state index in [9.17, 15) is 8.42 Å². The summed E-state index contributed by atoms with van der Waals surface area (Å²) in [5, 5.41) is 0. The molecule has 0 radical (unpaired) electrons. The fraction of sp³-hybridized carbons (Fsp3) is 0.571. The second kappa shape index (κ2) is 5.61. The van der Waals surface area contributed by atoms with E-state index in [1.165, 1.54) is 25.7 Å². The number of benzene rings is 1. The monoisotopic (exact) mass is 298 g/mol. The van der Waals surface area contributed by atoms with Crippen LogP contribution in [0.25, 0.3) is 0 Å². The fourth-order valence-corrected chi connectivity index (χ4v) is 3.87. The predicted octanol–water partition coefficient (Wildman–Crippen LogP) is 2.14. The number of nitrogens with one attached hydrogen (secondary N) is 1. The van der Waals surface area contributed by atoms with Crippen molar-refractivity contribution in [3.63, 3.8) is 0 Å². The molecule has 0 spiro atoms. The van der Waals surface area contributed by atoms with Crippen molar-refractivity contribution in [1.82, 2.24) is 4.72 Å². The molecule has 0 heterocycles. The van der Waals surface area contributed by atoms with Crippen LogP contribution in [0.3, 0.4) is 0 Å². The minimum absolute atomic E-state index is 0.133. The van der Waals surface area contributed by atoms with Gasteiger partial charge >= 0.3 is 0 Å². The Morgan fingerprint density at radius 1 is 1.40 bits per heavy atom. The maximum atomic E-state index is 12.4. The number of nitrogen functional groups attached to an aromatic ring is 1. The number of anilines is 1. The number of methoxy groups -OCH3 is 1. The molecule has 2 rings (SSSR count). The normalized spacial score (nSPS) is 17.5. The van der Waals surface area contributed by atoms with E-state index in [-0.39, 0.29) is 16.1 Å². The highest BCUT2D eigenvalue weighted by molar-refractivity contribution is 7.89. The molecule has 0 aromatic heterocycles. The molecule has 0 bridgehead atoms. The predicted molar refractivity (Wildman–Crippen MR) is 79.2 cm³/mol. The number of hydrogen-bond acceptors (Lipinski definition) is 4. The van der Waals surface area contributed by atoms with Crippen LogP contribution in [0.15, 0.2) is 23.1 Å². The van der Waals surface area contributed by atoms with Gasteiger partial charge in [0.1, 0.15) is 10.6 Å². The Bertz CT molecular complexity index is 575. The lowest BCUT2D eigenvalue weighted by Crippen LogP contribution is -2.41. The summed E-state index contributed by atoms with van der Waals surface area (Å²) in [6.45, 7) is 2.59. The number of sulfonamides is 1. The molecule has 6 heteroatoms. The number of nitrogens with two attached hydrogens (primary N) is 1. The lowest BCUT2D eigenvalue weighted by Gasteiger charge is -2.41. The van der Waals surface area contributed by atoms with Crippen LogP contribution in [-0.4, -0.2) is 22.1 Å². The van der Waals surface area contributed by atoms with Crippen LogP contribution in [0.1, 0.15) is 32.6 Å². The van der Waals surface area contributed by atoms with Gasteiger partial charge in [0.25, 0.3) is 0 Å². The highest BCUT2D eigenvalue weighted by atomic mass is 32.2. The van der Waals surface area contributed by atoms with Gasteiger partial charge in [0.05, 0.1) is 7.11 Å². The van der Waals surface area contributed by atoms with Crippen molar-refractivity contribution >= 4 is 15.7 Å². The van der Waals surface area contributed by atoms with E-state index in [0.29, 0.717) is 12.2 Å². The summed E-state index contributed by atoms with van der Waals surface area (Å²) in [5.41, 5.74) is 6.26. The third-order valence-corrected chi connectivity index (χ3v) is 5.72. The highest BCUT2D eigenvalue weighted by Gasteiger charge is 2.36. The Balaban J connectivity index is 2.18. The van der Waals surface area contributed by atoms with E-state index in [0.717, 1.165) is 19.3 Å². The smallest absolute Gasteiger partial charge is 0.244 e. The van der Waals surface area contributed by atoms with Gasteiger partial charge in [-0.15, -0.1) is 0 Å². The topological polar surface area (TPSA) is 81.4 Å². The Hall–Kier alpha value is -1.27. The molecule has 1 fully saturated rings. The van der Waals surface area contributed by atoms with E-state index in [1.54, 1.807) is 6.07 Å². The van der Waals surface area contributed by atoms with Gasteiger partial charge in [-0.1, -0.05) is 13.3 Å². The van der Waals surface area contributed by atoms with Crippen LogP contribution in [-0.2, 0) is 10.0 Å². The Labute approximate surface area is 120 Å². The van der Waals surface area contributed by atoms with Crippen molar-refractivity contribution < 1.29 is 13.2 Å². The summed E-state index contributed by atoms with van der Waals surface area (Å²) >= 11 is 0. The van der Waals surface area contributed by atoms with Gasteiger partial charge in [-0.25, -0.2) is 13.1 Å². The van der Waals surface area contributed by atoms with E-state index < -0.39 is 10.0 Å². The lowest BCUT2D eigenvalue weighted by molar-refractivity contribution is 0.133. The third-order valence-electron chi connectivity index (χ3n) is 4.28. The molecule has 0 atom stereocenters. The lowest BCUT2D eigenvalue weighted by atomic mass is 9.67. The Morgan fingerprint density at radius 2 is 2.10 bits per heavy atom. The van der Waals surface area contributed by atoms with Crippen LogP contribution >= 0.6 is 0 Å². The summed E-state index contributed by atoms with van der Waals surface area (Å²) in [5.74, 6) is 0.275. The Kier molecular flexibility index (Phi) is 4.25. The first-order chi connectivity index (χ1) is 9.42. The third kappa shape index (κ3) is 2.91. The SMILES string of the molecule is CCC1(CNS(=O)(=O)c2ccc(N)cc2OC)CCC1. The van der Waals surface area contributed by atoms with Crippen LogP contribution in [0.2, 0.25) is 0 Å². The zero-order chi connectivity index (χ0) is 14.8. The number of rotatable bonds is 6. The van der Waals surface area contributed by atoms with Crippen molar-refractivity contribution in [3.05, 3.63) is 18.2 Å². The van der Waals surface area contributed by atoms with Gasteiger partial charge in [0.2, 0.25) is 10.0 Å². The second-order valence-corrected chi connectivity index (χ2v) is 7.18. The quantitative estimate of drug-likeness (QED) is 0.788. The zero-order valence-corrected chi connectivity index (χ0v) is 12.8. The largest absolute Gasteiger partial charge is 0.495 e. The van der Waals surface area contributed by atoms with Gasteiger partial charge in [-0.2, -0.15) is 0 Å². The first-order valence-corrected chi connectivity index (χ1v) is 8.34. The molecule has 1 aliphatic carbocycles. The van der Waals surface area contributed by atoms with Gasteiger partial charge < -0.3 is 10.5 Å². The van der Waals surface area contributed by atoms with E-state index in [4.69, 9.17) is 10.5 Å². The molecule has 1 aliphatic rings. The highest BCUT2D eigenvalue weighted by Crippen LogP contribution is 2.43. The van der Waals surface area contributed by atoms with Crippen molar-refractivity contribution in [2.24, 2.45) is 5.41 Å². The molecule has 0 amide bonds. The maximum Gasteiger partial charge on any atom is 0.244 e. The van der Waals surface area contributed by atoms with Gasteiger partial charge in [-0.05, 0) is 36.8 Å². The van der Waals surface area contributed by atoms with Crippen molar-refractivity contribution in [3.8, 4) is 5.75 Å². The molecule has 3 N–H and O–H groups in total. The number of ether oxygens (including phenoxy) is 1. The van der Waals surface area contributed by atoms with E-state index >= 15 is 0 Å². The van der Waals surface area contributed by atoms with Crippen LogP contribution in [0, 0.1) is 5.41 Å². The molecule has 1 aromatic carbocycles. The van der Waals surface area contributed by atoms with Gasteiger partial charge in [-0.3, -0.25) is 0 Å². The van der Waals surface area contributed by atoms with Crippen LogP contribution in [0.5, 0.6) is 5.75 Å². The van der Waals surface area contributed by atoms with Gasteiger partial charge in [0, 0.05) is 18.3 Å². The summed E-state index contributed by atoms with van der Waals surface area (Å²) in [4.78, 5) is 0.139. The van der Waals surface area contributed by atoms with Crippen molar-refractivity contribution in [2.45, 2.75) is 37.5 Å². The summed E-state index contributed by atoms with van der Waals surface area (Å²) in [6, 6.07) is 4.57. The Morgan fingerprint density at radius 3 is 2.60 bits per heavy atom. The molecule has 20 heavy (non-hydrogen) atoms. The molecular formula is C14H22N2O3S. The summed E-state index contributed by atoms with van der Waals surface area (Å²) in [6.07, 6.45) is 4.35. The minimum Gasteiger partial charge on any atom is -0.495 e. The van der Waals surface area contributed by atoms with Crippen LogP contribution < -0.4 is 15.2 Å². The van der Waals surface area contributed by atoms with E-state index in [1.807, 2.05) is 0 Å². The molecule has 5 nitrogen and oxygen atoms in total. The molecule has 0 saturated heterocycles. The molecule has 0 aliphatic heterocycles. The second-order valence-electron chi connectivity index (χ2n) is 5.44. The average Bonchev–Trinajstić information content (AvgIpc) is 2.37. The molecule has 0 unspecified atom stereocenters. The summed E-state index contributed by atoms with van der Waals surface area (Å²) in [7, 11) is -2.13. The molecule has 1 saturated carbocycles. The first kappa shape index (κ1) is 15.1. The zero-order valence-electron chi connectivity index (χ0n) is 12.0. The van der Waals surface area contributed by atoms with Crippen LogP contribution in [0.4, 0.5) is 5.69 Å². The standard InChI is InChI=1S/C14H22N2O3S/c1-3-14(7-4-8-14)10-16-20(17,18)13-6-5-11(15)9-12(13)19-2/h5-6,9,16H,3-4,7-8,10,15H2,1-2H3. The van der Waals surface area contributed by atoms with Gasteiger partial charge in [0.15, 0.2) is 0 Å². The van der Waals surface area contributed by atoms with Crippen molar-refractivity contribution in [1.29, 1.82) is 0 Å². The fourth-order valence-electron chi connectivity index (χ4n) is 2.56.